The lowest BCUT2D eigenvalue weighted by atomic mass is 9.79. The normalized spacial score (nSPS) is 16.5. The summed E-state index contributed by atoms with van der Waals surface area (Å²) in [6.45, 7) is 1.31. The van der Waals surface area contributed by atoms with Crippen molar-refractivity contribution in [2.75, 3.05) is 6.61 Å². The van der Waals surface area contributed by atoms with Crippen molar-refractivity contribution in [3.8, 4) is 6.07 Å². The predicted octanol–water partition coefficient (Wildman–Crippen LogP) is 3.82. The molecular weight excluding hydrogens is 367 g/mol. The third-order valence-electron chi connectivity index (χ3n) is 4.92. The Kier molecular flexibility index (Phi) is 5.66. The molecule has 0 radical (unpaired) electrons. The fourth-order valence-corrected chi connectivity index (χ4v) is 4.35. The molecule has 2 aromatic rings. The van der Waals surface area contributed by atoms with E-state index in [-0.39, 0.29) is 5.82 Å². The smallest absolute Gasteiger partial charge is 0.316 e. The molecule has 140 valence electrons. The SMILES string of the molecule is Cc1csc([C@@H](C#N)C(=O)COC(=O)C2(c3ccc(F)cc3)CCCC2)n1. The summed E-state index contributed by atoms with van der Waals surface area (Å²) in [5.41, 5.74) is 0.584. The predicted molar refractivity (Wildman–Crippen MR) is 97.7 cm³/mol. The molecule has 1 atom stereocenters. The Morgan fingerprint density at radius 2 is 2.00 bits per heavy atom. The lowest BCUT2D eigenvalue weighted by Gasteiger charge is -2.27. The molecule has 0 saturated heterocycles. The van der Waals surface area contributed by atoms with Crippen molar-refractivity contribution < 1.29 is 18.7 Å². The highest BCUT2D eigenvalue weighted by atomic mass is 32.1. The van der Waals surface area contributed by atoms with Gasteiger partial charge in [-0.05, 0) is 37.5 Å². The number of carbonyl (C=O) groups is 2. The van der Waals surface area contributed by atoms with Gasteiger partial charge < -0.3 is 4.74 Å². The van der Waals surface area contributed by atoms with Gasteiger partial charge in [-0.15, -0.1) is 11.3 Å². The fraction of sp³-hybridized carbons (Fsp3) is 0.400. The van der Waals surface area contributed by atoms with Crippen LogP contribution in [0, 0.1) is 24.1 Å². The van der Waals surface area contributed by atoms with E-state index in [1.54, 1.807) is 24.4 Å². The van der Waals surface area contributed by atoms with Gasteiger partial charge in [-0.3, -0.25) is 9.59 Å². The quantitative estimate of drug-likeness (QED) is 0.705. The van der Waals surface area contributed by atoms with Crippen LogP contribution in [0.15, 0.2) is 29.6 Å². The van der Waals surface area contributed by atoms with Crippen LogP contribution in [0.25, 0.3) is 0 Å². The lowest BCUT2D eigenvalue weighted by molar-refractivity contribution is -0.154. The van der Waals surface area contributed by atoms with E-state index in [1.807, 2.05) is 6.07 Å². The molecule has 1 aromatic carbocycles. The molecule has 1 aliphatic rings. The summed E-state index contributed by atoms with van der Waals surface area (Å²) >= 11 is 1.24. The van der Waals surface area contributed by atoms with Gasteiger partial charge in [-0.25, -0.2) is 9.37 Å². The molecule has 0 amide bonds. The number of esters is 1. The minimum absolute atomic E-state index is 0.369. The van der Waals surface area contributed by atoms with E-state index in [0.717, 1.165) is 18.5 Å². The number of hydrogen-bond donors (Lipinski definition) is 0. The van der Waals surface area contributed by atoms with Gasteiger partial charge in [0, 0.05) is 11.1 Å². The first-order valence-electron chi connectivity index (χ1n) is 8.74. The standard InChI is InChI=1S/C20H19FN2O3S/c1-13-12-27-18(23-13)16(10-22)17(24)11-26-19(25)20(8-2-3-9-20)14-4-6-15(21)7-5-14/h4-7,12,16H,2-3,8-9,11H2,1H3/t16-/m0/s1. The van der Waals surface area contributed by atoms with Crippen LogP contribution in [0.5, 0.6) is 0 Å². The van der Waals surface area contributed by atoms with Crippen LogP contribution in [0.1, 0.15) is 47.9 Å². The molecule has 1 aromatic heterocycles. The topological polar surface area (TPSA) is 80.0 Å². The Balaban J connectivity index is 1.72. The van der Waals surface area contributed by atoms with E-state index < -0.39 is 29.7 Å². The summed E-state index contributed by atoms with van der Waals surface area (Å²) < 4.78 is 18.6. The average molecular weight is 386 g/mol. The van der Waals surface area contributed by atoms with Crippen molar-refractivity contribution in [1.82, 2.24) is 4.98 Å². The van der Waals surface area contributed by atoms with Crippen LogP contribution in [0.3, 0.4) is 0 Å². The number of nitriles is 1. The fourth-order valence-electron chi connectivity index (χ4n) is 3.49. The number of hydrogen-bond acceptors (Lipinski definition) is 6. The third kappa shape index (κ3) is 3.91. The highest BCUT2D eigenvalue weighted by Gasteiger charge is 2.44. The number of ether oxygens (including phenoxy) is 1. The number of thiazole rings is 1. The average Bonchev–Trinajstić information content (AvgIpc) is 3.31. The van der Waals surface area contributed by atoms with E-state index in [1.165, 1.54) is 23.5 Å². The highest BCUT2D eigenvalue weighted by Crippen LogP contribution is 2.42. The van der Waals surface area contributed by atoms with Gasteiger partial charge in [0.05, 0.1) is 11.5 Å². The summed E-state index contributed by atoms with van der Waals surface area (Å²) in [6.07, 6.45) is 2.91. The summed E-state index contributed by atoms with van der Waals surface area (Å²) in [6, 6.07) is 7.78. The van der Waals surface area contributed by atoms with Crippen LogP contribution in [-0.4, -0.2) is 23.3 Å². The number of benzene rings is 1. The van der Waals surface area contributed by atoms with E-state index in [9.17, 15) is 19.2 Å². The van der Waals surface area contributed by atoms with Crippen LogP contribution in [-0.2, 0) is 19.7 Å². The number of ketones is 1. The number of carbonyl (C=O) groups excluding carboxylic acids is 2. The maximum absolute atomic E-state index is 13.2. The van der Waals surface area contributed by atoms with Crippen molar-refractivity contribution >= 4 is 23.1 Å². The molecule has 1 heterocycles. The molecule has 5 nitrogen and oxygen atoms in total. The van der Waals surface area contributed by atoms with Crippen molar-refractivity contribution in [3.05, 3.63) is 51.7 Å². The van der Waals surface area contributed by atoms with Gasteiger partial charge in [0.25, 0.3) is 0 Å². The largest absolute Gasteiger partial charge is 0.457 e. The number of aryl methyl sites for hydroxylation is 1. The van der Waals surface area contributed by atoms with Crippen LogP contribution < -0.4 is 0 Å². The molecule has 7 heteroatoms. The second-order valence-electron chi connectivity index (χ2n) is 6.73. The zero-order valence-electron chi connectivity index (χ0n) is 14.9. The molecule has 0 N–H and O–H groups in total. The molecule has 0 bridgehead atoms. The summed E-state index contributed by atoms with van der Waals surface area (Å²) in [7, 11) is 0. The second kappa shape index (κ2) is 7.97. The van der Waals surface area contributed by atoms with Gasteiger partial charge >= 0.3 is 5.97 Å². The maximum Gasteiger partial charge on any atom is 0.316 e. The molecule has 0 spiro atoms. The van der Waals surface area contributed by atoms with E-state index in [2.05, 4.69) is 4.98 Å². The molecule has 0 aliphatic heterocycles. The van der Waals surface area contributed by atoms with Crippen molar-refractivity contribution in [2.24, 2.45) is 0 Å². The Hall–Kier alpha value is -2.59. The maximum atomic E-state index is 13.2. The van der Waals surface area contributed by atoms with Gasteiger partial charge in [0.2, 0.25) is 0 Å². The Morgan fingerprint density at radius 3 is 2.56 bits per heavy atom. The molecule has 27 heavy (non-hydrogen) atoms. The van der Waals surface area contributed by atoms with Crippen LogP contribution in [0.2, 0.25) is 0 Å². The van der Waals surface area contributed by atoms with E-state index in [4.69, 9.17) is 4.74 Å². The minimum atomic E-state index is -1.04. The van der Waals surface area contributed by atoms with Crippen molar-refractivity contribution in [1.29, 1.82) is 5.26 Å². The summed E-state index contributed by atoms with van der Waals surface area (Å²) in [5, 5.41) is 11.5. The molecule has 1 saturated carbocycles. The number of Topliss-reactive ketones (excluding diaryl/α,β-unsaturated/α-hetero) is 1. The Morgan fingerprint density at radius 1 is 1.33 bits per heavy atom. The number of aromatic nitrogens is 1. The van der Waals surface area contributed by atoms with Crippen LogP contribution in [0.4, 0.5) is 4.39 Å². The monoisotopic (exact) mass is 386 g/mol. The number of rotatable bonds is 6. The Labute approximate surface area is 160 Å². The van der Waals surface area contributed by atoms with Crippen molar-refractivity contribution in [3.63, 3.8) is 0 Å². The lowest BCUT2D eigenvalue weighted by Crippen LogP contribution is -2.36. The Bertz CT molecular complexity index is 879. The van der Waals surface area contributed by atoms with Gasteiger partial charge in [0.15, 0.2) is 18.3 Å². The first-order chi connectivity index (χ1) is 13.0. The zero-order valence-corrected chi connectivity index (χ0v) is 15.7. The first-order valence-corrected chi connectivity index (χ1v) is 9.62. The number of nitrogens with zero attached hydrogens (tertiary/aromatic N) is 2. The van der Waals surface area contributed by atoms with Gasteiger partial charge in [-0.2, -0.15) is 5.26 Å². The molecule has 3 rings (SSSR count). The summed E-state index contributed by atoms with van der Waals surface area (Å²) in [5.74, 6) is -2.40. The minimum Gasteiger partial charge on any atom is -0.457 e. The van der Waals surface area contributed by atoms with Crippen LogP contribution >= 0.6 is 11.3 Å². The third-order valence-corrected chi connectivity index (χ3v) is 5.95. The highest BCUT2D eigenvalue weighted by molar-refractivity contribution is 7.09. The summed E-state index contributed by atoms with van der Waals surface area (Å²) in [4.78, 5) is 29.4. The first kappa shape index (κ1) is 19.2. The molecular formula is C20H19FN2O3S. The van der Waals surface area contributed by atoms with Gasteiger partial charge in [0.1, 0.15) is 10.8 Å². The van der Waals surface area contributed by atoms with Gasteiger partial charge in [-0.1, -0.05) is 25.0 Å². The zero-order chi connectivity index (χ0) is 19.4. The molecule has 0 unspecified atom stereocenters. The molecule has 1 aliphatic carbocycles. The second-order valence-corrected chi connectivity index (χ2v) is 7.62. The van der Waals surface area contributed by atoms with Crippen molar-refractivity contribution in [2.45, 2.75) is 43.9 Å². The van der Waals surface area contributed by atoms with E-state index >= 15 is 0 Å². The number of halogens is 1. The van der Waals surface area contributed by atoms with E-state index in [0.29, 0.717) is 23.4 Å². The molecule has 1 fully saturated rings.